The first kappa shape index (κ1) is 18.2. The monoisotopic (exact) mass is 323 g/mol. The minimum atomic E-state index is -0.422. The van der Waals surface area contributed by atoms with E-state index in [1.807, 2.05) is 12.2 Å². The first-order chi connectivity index (χ1) is 10.6. The third kappa shape index (κ3) is 5.87. The Balaban J connectivity index is 2.81. The number of hydrogen-bond acceptors (Lipinski definition) is 4. The van der Waals surface area contributed by atoms with Gasteiger partial charge in [-0.15, -0.1) is 13.2 Å². The van der Waals surface area contributed by atoms with Crippen LogP contribution in [0.2, 0.25) is 5.02 Å². The number of rotatable bonds is 9. The van der Waals surface area contributed by atoms with E-state index in [0.717, 1.165) is 13.1 Å². The highest BCUT2D eigenvalue weighted by molar-refractivity contribution is 6.30. The summed E-state index contributed by atoms with van der Waals surface area (Å²) in [6.07, 6.45) is 4.72. The van der Waals surface area contributed by atoms with Gasteiger partial charge in [-0.1, -0.05) is 23.8 Å². The molecule has 0 aliphatic heterocycles. The molecule has 120 valence electrons. The molecule has 0 saturated carbocycles. The Hall–Kier alpha value is -1.85. The van der Waals surface area contributed by atoms with Gasteiger partial charge in [0.05, 0.1) is 11.6 Å². The van der Waals surface area contributed by atoms with Gasteiger partial charge in [0.25, 0.3) is 0 Å². The summed E-state index contributed by atoms with van der Waals surface area (Å²) in [5.74, 6) is 0.514. The summed E-state index contributed by atoms with van der Waals surface area (Å²) < 4.78 is 5.10. The quantitative estimate of drug-likeness (QED) is 0.654. The molecule has 0 aliphatic rings. The summed E-state index contributed by atoms with van der Waals surface area (Å²) >= 11 is 5.84. The molecular weight excluding hydrogens is 302 g/mol. The number of aromatic nitrogens is 1. The molecule has 0 spiro atoms. The molecular formula is C16H22ClN3O2. The fraction of sp³-hybridized carbons (Fsp3) is 0.375. The maximum Gasteiger partial charge on any atom is 0.415 e. The number of amides is 1. The molecule has 0 radical (unpaired) electrons. The average molecular weight is 324 g/mol. The van der Waals surface area contributed by atoms with Crippen molar-refractivity contribution < 1.29 is 9.53 Å². The first-order valence-electron chi connectivity index (χ1n) is 7.12. The zero-order valence-electron chi connectivity index (χ0n) is 12.9. The highest BCUT2D eigenvalue weighted by atomic mass is 35.5. The highest BCUT2D eigenvalue weighted by Gasteiger charge is 2.18. The lowest BCUT2D eigenvalue weighted by atomic mass is 10.4. The van der Waals surface area contributed by atoms with Crippen molar-refractivity contribution in [3.05, 3.63) is 48.7 Å². The molecule has 0 fully saturated rings. The van der Waals surface area contributed by atoms with Crippen molar-refractivity contribution >= 4 is 23.5 Å². The predicted molar refractivity (Wildman–Crippen MR) is 90.4 cm³/mol. The second-order valence-corrected chi connectivity index (χ2v) is 4.96. The number of nitrogens with zero attached hydrogens (tertiary/aromatic N) is 3. The zero-order chi connectivity index (χ0) is 16.4. The van der Waals surface area contributed by atoms with E-state index < -0.39 is 6.09 Å². The number of carbonyl (C=O) groups is 1. The van der Waals surface area contributed by atoms with Gasteiger partial charge in [-0.3, -0.25) is 9.80 Å². The van der Waals surface area contributed by atoms with Crippen LogP contribution in [0, 0.1) is 0 Å². The SMILES string of the molecule is C=CCN(CC=C)CCN(C(=O)OCC)c1ccc(Cl)cn1. The molecule has 0 atom stereocenters. The highest BCUT2D eigenvalue weighted by Crippen LogP contribution is 2.15. The van der Waals surface area contributed by atoms with E-state index in [0.29, 0.717) is 30.5 Å². The molecule has 0 aromatic carbocycles. The van der Waals surface area contributed by atoms with Crippen LogP contribution in [0.4, 0.5) is 10.6 Å². The van der Waals surface area contributed by atoms with Crippen molar-refractivity contribution in [2.75, 3.05) is 37.7 Å². The number of carbonyl (C=O) groups excluding carboxylic acids is 1. The molecule has 1 heterocycles. The lowest BCUT2D eigenvalue weighted by molar-refractivity contribution is 0.158. The van der Waals surface area contributed by atoms with Crippen LogP contribution in [0.1, 0.15) is 6.92 Å². The summed E-state index contributed by atoms with van der Waals surface area (Å²) in [4.78, 5) is 19.9. The smallest absolute Gasteiger partial charge is 0.415 e. The Morgan fingerprint density at radius 2 is 2.00 bits per heavy atom. The van der Waals surface area contributed by atoms with Gasteiger partial charge in [0, 0.05) is 32.4 Å². The molecule has 0 aliphatic carbocycles. The van der Waals surface area contributed by atoms with Crippen molar-refractivity contribution in [2.45, 2.75) is 6.92 Å². The van der Waals surface area contributed by atoms with Crippen LogP contribution in [-0.4, -0.2) is 48.8 Å². The number of pyridine rings is 1. The minimum absolute atomic E-state index is 0.311. The van der Waals surface area contributed by atoms with Crippen molar-refractivity contribution in [1.29, 1.82) is 0 Å². The van der Waals surface area contributed by atoms with E-state index in [9.17, 15) is 4.79 Å². The van der Waals surface area contributed by atoms with Crippen LogP contribution in [0.15, 0.2) is 43.6 Å². The maximum atomic E-state index is 12.1. The number of anilines is 1. The molecule has 5 nitrogen and oxygen atoms in total. The molecule has 22 heavy (non-hydrogen) atoms. The minimum Gasteiger partial charge on any atom is -0.449 e. The van der Waals surface area contributed by atoms with Gasteiger partial charge in [-0.25, -0.2) is 9.78 Å². The van der Waals surface area contributed by atoms with Crippen LogP contribution in [-0.2, 0) is 4.74 Å². The standard InChI is InChI=1S/C16H22ClN3O2/c1-4-9-19(10-5-2)11-12-20(16(21)22-6-3)15-8-7-14(17)13-18-15/h4-5,7-8,13H,1-2,6,9-12H2,3H3. The van der Waals surface area contributed by atoms with Crippen LogP contribution in [0.5, 0.6) is 0 Å². The number of halogens is 1. The molecule has 0 N–H and O–H groups in total. The second kappa shape index (κ2) is 9.97. The van der Waals surface area contributed by atoms with Gasteiger partial charge in [-0.2, -0.15) is 0 Å². The maximum absolute atomic E-state index is 12.1. The van der Waals surface area contributed by atoms with Gasteiger partial charge >= 0.3 is 6.09 Å². The first-order valence-corrected chi connectivity index (χ1v) is 7.50. The van der Waals surface area contributed by atoms with Crippen molar-refractivity contribution in [1.82, 2.24) is 9.88 Å². The summed E-state index contributed by atoms with van der Waals surface area (Å²) in [6, 6.07) is 3.39. The second-order valence-electron chi connectivity index (χ2n) is 4.52. The van der Waals surface area contributed by atoms with Crippen LogP contribution in [0.25, 0.3) is 0 Å². The number of hydrogen-bond donors (Lipinski definition) is 0. The Kier molecular flexibility index (Phi) is 8.25. The molecule has 1 amide bonds. The molecule has 0 saturated heterocycles. The van der Waals surface area contributed by atoms with Gasteiger partial charge in [0.1, 0.15) is 5.82 Å². The largest absolute Gasteiger partial charge is 0.449 e. The van der Waals surface area contributed by atoms with Crippen molar-refractivity contribution in [3.63, 3.8) is 0 Å². The van der Waals surface area contributed by atoms with E-state index >= 15 is 0 Å². The molecule has 0 unspecified atom stereocenters. The van der Waals surface area contributed by atoms with Crippen molar-refractivity contribution in [2.24, 2.45) is 0 Å². The zero-order valence-corrected chi connectivity index (χ0v) is 13.6. The Bertz CT molecular complexity index is 481. The van der Waals surface area contributed by atoms with Gasteiger partial charge < -0.3 is 4.74 Å². The normalized spacial score (nSPS) is 10.3. The third-order valence-electron chi connectivity index (χ3n) is 2.89. The average Bonchev–Trinajstić information content (AvgIpc) is 2.50. The van der Waals surface area contributed by atoms with Crippen LogP contribution >= 0.6 is 11.6 Å². The van der Waals surface area contributed by atoms with E-state index in [-0.39, 0.29) is 0 Å². The van der Waals surface area contributed by atoms with E-state index in [1.54, 1.807) is 19.1 Å². The topological polar surface area (TPSA) is 45.7 Å². The fourth-order valence-electron chi connectivity index (χ4n) is 1.89. The molecule has 0 bridgehead atoms. The van der Waals surface area contributed by atoms with Crippen LogP contribution in [0.3, 0.4) is 0 Å². The summed E-state index contributed by atoms with van der Waals surface area (Å²) in [5, 5.41) is 0.521. The summed E-state index contributed by atoms with van der Waals surface area (Å²) in [7, 11) is 0. The third-order valence-corrected chi connectivity index (χ3v) is 3.11. The lowest BCUT2D eigenvalue weighted by Gasteiger charge is -2.25. The Morgan fingerprint density at radius 1 is 1.32 bits per heavy atom. The fourth-order valence-corrected chi connectivity index (χ4v) is 2.00. The van der Waals surface area contributed by atoms with Gasteiger partial charge in [0.15, 0.2) is 0 Å². The molecule has 1 aromatic heterocycles. The van der Waals surface area contributed by atoms with E-state index in [2.05, 4.69) is 23.0 Å². The summed E-state index contributed by atoms with van der Waals surface area (Å²) in [6.45, 7) is 12.1. The van der Waals surface area contributed by atoms with E-state index in [4.69, 9.17) is 16.3 Å². The summed E-state index contributed by atoms with van der Waals surface area (Å²) in [5.41, 5.74) is 0. The van der Waals surface area contributed by atoms with Crippen molar-refractivity contribution in [3.8, 4) is 0 Å². The lowest BCUT2D eigenvalue weighted by Crippen LogP contribution is -2.39. The van der Waals surface area contributed by atoms with Crippen LogP contribution < -0.4 is 4.90 Å². The predicted octanol–water partition coefficient (Wildman–Crippen LogP) is 3.37. The van der Waals surface area contributed by atoms with Gasteiger partial charge in [-0.05, 0) is 19.1 Å². The van der Waals surface area contributed by atoms with Gasteiger partial charge in [0.2, 0.25) is 0 Å². The Labute approximate surface area is 136 Å². The molecule has 1 aromatic rings. The molecule has 1 rings (SSSR count). The Morgan fingerprint density at radius 3 is 2.50 bits per heavy atom. The van der Waals surface area contributed by atoms with E-state index in [1.165, 1.54) is 11.1 Å². The molecule has 6 heteroatoms. The number of ether oxygens (including phenoxy) is 1.